The minimum atomic E-state index is -0.642. The van der Waals surface area contributed by atoms with E-state index in [0.29, 0.717) is 30.3 Å². The van der Waals surface area contributed by atoms with Crippen LogP contribution in [0.2, 0.25) is 0 Å². The van der Waals surface area contributed by atoms with Gasteiger partial charge in [-0.3, -0.25) is 10.1 Å². The number of nitrogens with zero attached hydrogens (tertiary/aromatic N) is 5. The van der Waals surface area contributed by atoms with Crippen LogP contribution in [0.4, 0.5) is 15.7 Å². The SMILES string of the molecule is CC(C)(C)OC(=O)N1C=C(c2ccc(N3CCc4cccc(C(=O)Nc5nc6ccccc6s5)c4C3)nc2)CN1Cc1cc(C(C)(C)C)cc(C(C)(C)C)c1. The van der Waals surface area contributed by atoms with Gasteiger partial charge in [-0.25, -0.2) is 24.8 Å². The van der Waals surface area contributed by atoms with Crippen LogP contribution >= 0.6 is 11.3 Å². The summed E-state index contributed by atoms with van der Waals surface area (Å²) in [5, 5.41) is 7.30. The fourth-order valence-corrected chi connectivity index (χ4v) is 7.88. The Labute approximate surface area is 329 Å². The first kappa shape index (κ1) is 38.2. The lowest BCUT2D eigenvalue weighted by Gasteiger charge is -2.31. The molecule has 5 aromatic rings. The Morgan fingerprint density at radius 1 is 0.855 bits per heavy atom. The third-order valence-electron chi connectivity index (χ3n) is 10.1. The quantitative estimate of drug-likeness (QED) is 0.184. The molecule has 2 aliphatic rings. The molecule has 0 saturated heterocycles. The number of aromatic nitrogens is 2. The molecule has 0 radical (unpaired) electrons. The first-order valence-electron chi connectivity index (χ1n) is 19.0. The van der Waals surface area contributed by atoms with E-state index in [-0.39, 0.29) is 16.7 Å². The number of hydrazine groups is 1. The van der Waals surface area contributed by atoms with Gasteiger partial charge < -0.3 is 9.64 Å². The summed E-state index contributed by atoms with van der Waals surface area (Å²) in [5.74, 6) is 0.678. The molecule has 4 heterocycles. The number of amides is 2. The molecule has 0 atom stereocenters. The van der Waals surface area contributed by atoms with Gasteiger partial charge in [0.25, 0.3) is 5.91 Å². The molecule has 55 heavy (non-hydrogen) atoms. The highest BCUT2D eigenvalue weighted by Gasteiger charge is 2.33. The van der Waals surface area contributed by atoms with Gasteiger partial charge >= 0.3 is 6.09 Å². The van der Waals surface area contributed by atoms with E-state index in [9.17, 15) is 9.59 Å². The first-order chi connectivity index (χ1) is 25.9. The second-order valence-electron chi connectivity index (χ2n) is 17.7. The summed E-state index contributed by atoms with van der Waals surface area (Å²) in [6.45, 7) is 21.5. The molecule has 7 rings (SSSR count). The Morgan fingerprint density at radius 3 is 2.24 bits per heavy atom. The molecule has 2 aliphatic heterocycles. The second kappa shape index (κ2) is 14.5. The molecule has 0 spiro atoms. The molecule has 0 unspecified atom stereocenters. The van der Waals surface area contributed by atoms with Crippen LogP contribution < -0.4 is 10.2 Å². The molecule has 0 fully saturated rings. The lowest BCUT2D eigenvalue weighted by atomic mass is 9.79. The number of fused-ring (bicyclic) bond motifs is 2. The molecular formula is C45H52N6O3S. The number of thiazole rings is 1. The molecule has 2 amide bonds. The van der Waals surface area contributed by atoms with Gasteiger partial charge in [0, 0.05) is 44.1 Å². The number of pyridine rings is 1. The summed E-state index contributed by atoms with van der Waals surface area (Å²) < 4.78 is 6.91. The average Bonchev–Trinajstić information content (AvgIpc) is 3.73. The standard InChI is InChI=1S/C45H52N6O3S/c1-43(2,3)33-21-29(22-34(23-33)44(4,5)6)25-50-26-32(27-51(50)42(53)54-45(7,8)9)31-17-18-39(46-24-31)49-20-19-30-13-12-14-35(36(30)28-49)40(52)48-41-47-37-15-10-11-16-38(37)55-41/h10-18,21-24,27H,19-20,25-26,28H2,1-9H3,(H,47,48,52). The van der Waals surface area contributed by atoms with Crippen LogP contribution in [0, 0.1) is 0 Å². The van der Waals surface area contributed by atoms with Crippen LogP contribution in [0.3, 0.4) is 0 Å². The molecule has 9 nitrogen and oxygen atoms in total. The van der Waals surface area contributed by atoms with E-state index in [1.165, 1.54) is 28.0 Å². The third kappa shape index (κ3) is 8.61. The van der Waals surface area contributed by atoms with E-state index < -0.39 is 11.7 Å². The highest BCUT2D eigenvalue weighted by Crippen LogP contribution is 2.34. The van der Waals surface area contributed by atoms with Crippen molar-refractivity contribution in [2.75, 3.05) is 23.3 Å². The minimum absolute atomic E-state index is 0.0235. The highest BCUT2D eigenvalue weighted by atomic mass is 32.1. The molecule has 0 saturated carbocycles. The first-order valence-corrected chi connectivity index (χ1v) is 19.8. The number of anilines is 2. The Balaban J connectivity index is 1.10. The molecule has 286 valence electrons. The number of rotatable bonds is 6. The normalized spacial score (nSPS) is 15.3. The highest BCUT2D eigenvalue weighted by molar-refractivity contribution is 7.22. The van der Waals surface area contributed by atoms with E-state index in [1.54, 1.807) is 5.01 Å². The Morgan fingerprint density at radius 2 is 1.58 bits per heavy atom. The summed E-state index contributed by atoms with van der Waals surface area (Å²) in [7, 11) is 0. The number of ether oxygens (including phenoxy) is 1. The van der Waals surface area contributed by atoms with Crippen molar-refractivity contribution in [3.63, 3.8) is 0 Å². The van der Waals surface area contributed by atoms with Crippen molar-refractivity contribution in [3.8, 4) is 0 Å². The molecule has 10 heteroatoms. The second-order valence-corrected chi connectivity index (χ2v) is 18.7. The van der Waals surface area contributed by atoms with E-state index >= 15 is 0 Å². The van der Waals surface area contributed by atoms with Gasteiger partial charge in [0.05, 0.1) is 10.2 Å². The van der Waals surface area contributed by atoms with Crippen molar-refractivity contribution in [1.29, 1.82) is 0 Å². The van der Waals surface area contributed by atoms with Gasteiger partial charge in [0.2, 0.25) is 0 Å². The van der Waals surface area contributed by atoms with E-state index in [0.717, 1.165) is 51.3 Å². The molecule has 2 aromatic heterocycles. The molecule has 0 bridgehead atoms. The number of para-hydroxylation sites is 1. The topological polar surface area (TPSA) is 90.9 Å². The van der Waals surface area contributed by atoms with Crippen LogP contribution in [-0.4, -0.2) is 50.7 Å². The van der Waals surface area contributed by atoms with Crippen molar-refractivity contribution < 1.29 is 14.3 Å². The molecule has 0 aliphatic carbocycles. The van der Waals surface area contributed by atoms with E-state index in [2.05, 4.69) is 87.1 Å². The van der Waals surface area contributed by atoms with Crippen LogP contribution in [-0.2, 0) is 35.1 Å². The monoisotopic (exact) mass is 756 g/mol. The van der Waals surface area contributed by atoms with Crippen molar-refractivity contribution in [1.82, 2.24) is 20.0 Å². The van der Waals surface area contributed by atoms with E-state index in [4.69, 9.17) is 9.72 Å². The summed E-state index contributed by atoms with van der Waals surface area (Å²) in [4.78, 5) is 39.0. The van der Waals surface area contributed by atoms with Gasteiger partial charge in [-0.2, -0.15) is 0 Å². The fraction of sp³-hybridized carbons (Fsp3) is 0.378. The minimum Gasteiger partial charge on any atom is -0.442 e. The van der Waals surface area contributed by atoms with Gasteiger partial charge in [-0.15, -0.1) is 0 Å². The van der Waals surface area contributed by atoms with Crippen molar-refractivity contribution in [2.24, 2.45) is 0 Å². The summed E-state index contributed by atoms with van der Waals surface area (Å²) >= 11 is 1.47. The van der Waals surface area contributed by atoms with Gasteiger partial charge in [-0.1, -0.05) is 95.3 Å². The number of hydrogen-bond donors (Lipinski definition) is 1. The number of nitrogens with one attached hydrogen (secondary N) is 1. The smallest absolute Gasteiger partial charge is 0.429 e. The van der Waals surface area contributed by atoms with Crippen LogP contribution in [0.1, 0.15) is 106 Å². The fourth-order valence-electron chi connectivity index (χ4n) is 7.02. The number of benzene rings is 3. The van der Waals surface area contributed by atoms with Crippen LogP contribution in [0.5, 0.6) is 0 Å². The molecular weight excluding hydrogens is 705 g/mol. The zero-order valence-electron chi connectivity index (χ0n) is 33.5. The van der Waals surface area contributed by atoms with Crippen molar-refractivity contribution in [3.05, 3.63) is 124 Å². The van der Waals surface area contributed by atoms with Gasteiger partial charge in [-0.05, 0) is 107 Å². The predicted octanol–water partition coefficient (Wildman–Crippen LogP) is 10.1. The van der Waals surface area contributed by atoms with Crippen LogP contribution in [0.15, 0.2) is 85.2 Å². The Bertz CT molecular complexity index is 2210. The third-order valence-corrected chi connectivity index (χ3v) is 11.0. The zero-order chi connectivity index (χ0) is 39.3. The maximum Gasteiger partial charge on any atom is 0.429 e. The predicted molar refractivity (Wildman–Crippen MR) is 223 cm³/mol. The maximum absolute atomic E-state index is 13.6. The largest absolute Gasteiger partial charge is 0.442 e. The number of hydrogen-bond acceptors (Lipinski definition) is 8. The summed E-state index contributed by atoms with van der Waals surface area (Å²) in [5.41, 5.74) is 8.61. The zero-order valence-corrected chi connectivity index (χ0v) is 34.3. The Hall–Kier alpha value is -5.06. The van der Waals surface area contributed by atoms with Crippen LogP contribution in [0.25, 0.3) is 15.8 Å². The van der Waals surface area contributed by atoms with Crippen molar-refractivity contribution >= 4 is 50.1 Å². The lowest BCUT2D eigenvalue weighted by molar-refractivity contribution is -0.0178. The van der Waals surface area contributed by atoms with Crippen molar-refractivity contribution in [2.45, 2.75) is 98.3 Å². The average molecular weight is 757 g/mol. The Kier molecular flexibility index (Phi) is 10.1. The van der Waals surface area contributed by atoms with Gasteiger partial charge in [0.15, 0.2) is 5.13 Å². The number of carbonyl (C=O) groups excluding carboxylic acids is 2. The van der Waals surface area contributed by atoms with E-state index in [1.807, 2.05) is 80.6 Å². The lowest BCUT2D eigenvalue weighted by Crippen LogP contribution is -2.42. The summed E-state index contributed by atoms with van der Waals surface area (Å²) in [6, 6.07) is 24.8. The molecule has 3 aromatic carbocycles. The molecule has 1 N–H and O–H groups in total. The van der Waals surface area contributed by atoms with Gasteiger partial charge in [0.1, 0.15) is 11.4 Å². The summed E-state index contributed by atoms with van der Waals surface area (Å²) in [6.07, 6.45) is 4.16. The maximum atomic E-state index is 13.6. The number of carbonyl (C=O) groups is 2.